The number of thiophene rings is 2. The number of hydrogen-bond donors (Lipinski definition) is 1. The Bertz CT molecular complexity index is 857. The first-order valence-electron chi connectivity index (χ1n) is 7.53. The Morgan fingerprint density at radius 3 is 3.13 bits per heavy atom. The average Bonchev–Trinajstić information content (AvgIpc) is 3.26. The third-order valence-corrected chi connectivity index (χ3v) is 5.75. The van der Waals surface area contributed by atoms with Gasteiger partial charge in [0.05, 0.1) is 11.1 Å². The monoisotopic (exact) mass is 344 g/mol. The van der Waals surface area contributed by atoms with Crippen LogP contribution in [0.1, 0.15) is 17.7 Å². The van der Waals surface area contributed by atoms with Gasteiger partial charge in [0.1, 0.15) is 23.0 Å². The van der Waals surface area contributed by atoms with E-state index >= 15 is 0 Å². The number of aryl methyl sites for hydroxylation is 1. The van der Waals surface area contributed by atoms with Crippen LogP contribution in [-0.2, 0) is 4.79 Å². The topological polar surface area (TPSA) is 58.1 Å². The summed E-state index contributed by atoms with van der Waals surface area (Å²) >= 11 is 3.24. The van der Waals surface area contributed by atoms with Crippen LogP contribution in [0.5, 0.6) is 0 Å². The Morgan fingerprint density at radius 1 is 1.39 bits per heavy atom. The highest BCUT2D eigenvalue weighted by Crippen LogP contribution is 2.32. The molecule has 1 aliphatic heterocycles. The molecule has 23 heavy (non-hydrogen) atoms. The van der Waals surface area contributed by atoms with E-state index in [4.69, 9.17) is 0 Å². The minimum absolute atomic E-state index is 0.0438. The van der Waals surface area contributed by atoms with Crippen LogP contribution in [-0.4, -0.2) is 28.5 Å². The van der Waals surface area contributed by atoms with Gasteiger partial charge in [-0.15, -0.1) is 22.7 Å². The van der Waals surface area contributed by atoms with Crippen LogP contribution in [0.15, 0.2) is 29.2 Å². The maximum absolute atomic E-state index is 12.7. The van der Waals surface area contributed by atoms with Gasteiger partial charge in [0.15, 0.2) is 0 Å². The maximum atomic E-state index is 12.7. The molecule has 3 aromatic heterocycles. The van der Waals surface area contributed by atoms with Crippen LogP contribution in [0.4, 0.5) is 11.5 Å². The molecule has 3 aromatic rings. The van der Waals surface area contributed by atoms with Crippen molar-refractivity contribution in [2.24, 2.45) is 0 Å². The lowest BCUT2D eigenvalue weighted by molar-refractivity contribution is -0.117. The number of amides is 1. The van der Waals surface area contributed by atoms with E-state index in [1.807, 2.05) is 29.8 Å². The van der Waals surface area contributed by atoms with Crippen molar-refractivity contribution in [2.45, 2.75) is 25.8 Å². The molecule has 1 atom stereocenters. The second-order valence-corrected chi connectivity index (χ2v) is 7.63. The number of aromatic nitrogens is 2. The van der Waals surface area contributed by atoms with Crippen LogP contribution in [0, 0.1) is 6.92 Å². The van der Waals surface area contributed by atoms with E-state index in [1.54, 1.807) is 29.0 Å². The van der Waals surface area contributed by atoms with Crippen LogP contribution in [0.3, 0.4) is 0 Å². The summed E-state index contributed by atoms with van der Waals surface area (Å²) in [5.74, 6) is 0.915. The van der Waals surface area contributed by atoms with Gasteiger partial charge in [0.25, 0.3) is 0 Å². The highest BCUT2D eigenvalue weighted by Gasteiger charge is 2.32. The van der Waals surface area contributed by atoms with Gasteiger partial charge in [-0.25, -0.2) is 9.97 Å². The second kappa shape index (κ2) is 5.90. The first kappa shape index (κ1) is 14.6. The van der Waals surface area contributed by atoms with Crippen molar-refractivity contribution < 1.29 is 4.79 Å². The van der Waals surface area contributed by atoms with Gasteiger partial charge in [-0.2, -0.15) is 0 Å². The lowest BCUT2D eigenvalue weighted by Gasteiger charge is -2.25. The van der Waals surface area contributed by atoms with Gasteiger partial charge in [-0.3, -0.25) is 4.79 Å². The van der Waals surface area contributed by atoms with E-state index in [9.17, 15) is 4.79 Å². The molecule has 1 saturated heterocycles. The molecule has 0 aliphatic carbocycles. The lowest BCUT2D eigenvalue weighted by Crippen LogP contribution is -2.40. The summed E-state index contributed by atoms with van der Waals surface area (Å²) in [6, 6.07) is 3.86. The van der Waals surface area contributed by atoms with E-state index in [0.29, 0.717) is 0 Å². The lowest BCUT2D eigenvalue weighted by atomic mass is 10.2. The Morgan fingerprint density at radius 2 is 2.30 bits per heavy atom. The molecule has 1 unspecified atom stereocenters. The smallest absolute Gasteiger partial charge is 0.247 e. The summed E-state index contributed by atoms with van der Waals surface area (Å²) in [6.45, 7) is 2.89. The Hall–Kier alpha value is -1.99. The molecule has 5 nitrogen and oxygen atoms in total. The molecule has 1 amide bonds. The first-order valence-corrected chi connectivity index (χ1v) is 9.29. The molecule has 0 radical (unpaired) electrons. The zero-order valence-corrected chi connectivity index (χ0v) is 14.3. The summed E-state index contributed by atoms with van der Waals surface area (Å²) < 4.78 is 0. The molecule has 0 spiro atoms. The van der Waals surface area contributed by atoms with Crippen molar-refractivity contribution >= 4 is 50.3 Å². The summed E-state index contributed by atoms with van der Waals surface area (Å²) in [4.78, 5) is 25.7. The fourth-order valence-corrected chi connectivity index (χ4v) is 4.40. The first-order chi connectivity index (χ1) is 11.2. The van der Waals surface area contributed by atoms with Gasteiger partial charge in [0, 0.05) is 16.8 Å². The van der Waals surface area contributed by atoms with Crippen molar-refractivity contribution in [3.05, 3.63) is 34.1 Å². The molecule has 7 heteroatoms. The van der Waals surface area contributed by atoms with Crippen molar-refractivity contribution in [3.63, 3.8) is 0 Å². The fourth-order valence-electron chi connectivity index (χ4n) is 3.03. The number of carbonyl (C=O) groups excluding carboxylic acids is 1. The average molecular weight is 344 g/mol. The van der Waals surface area contributed by atoms with E-state index in [1.165, 1.54) is 4.88 Å². The molecular formula is C16H16N4OS2. The van der Waals surface area contributed by atoms with Gasteiger partial charge >= 0.3 is 0 Å². The molecule has 0 bridgehead atoms. The quantitative estimate of drug-likeness (QED) is 0.787. The molecule has 1 aliphatic rings. The van der Waals surface area contributed by atoms with Crippen molar-refractivity contribution in [3.8, 4) is 0 Å². The number of hydrogen-bond acceptors (Lipinski definition) is 6. The molecule has 4 rings (SSSR count). The summed E-state index contributed by atoms with van der Waals surface area (Å²) in [5.41, 5.74) is 0.882. The number of rotatable bonds is 3. The van der Waals surface area contributed by atoms with Gasteiger partial charge in [0.2, 0.25) is 5.91 Å². The summed E-state index contributed by atoms with van der Waals surface area (Å²) in [5, 5.41) is 8.06. The summed E-state index contributed by atoms with van der Waals surface area (Å²) in [6.07, 6.45) is 3.44. The third-order valence-electron chi connectivity index (χ3n) is 4.07. The predicted octanol–water partition coefficient (Wildman–Crippen LogP) is 3.67. The number of nitrogens with one attached hydrogen (secondary N) is 1. The van der Waals surface area contributed by atoms with Crippen LogP contribution < -0.4 is 10.2 Å². The SMILES string of the molecule is Cc1cc(NC(=O)C2CCCN2c2ncnc3sccc23)cs1. The predicted molar refractivity (Wildman–Crippen MR) is 95.5 cm³/mol. The van der Waals surface area contributed by atoms with Crippen LogP contribution >= 0.6 is 22.7 Å². The highest BCUT2D eigenvalue weighted by molar-refractivity contribution is 7.16. The normalized spacial score (nSPS) is 17.8. The molecule has 4 heterocycles. The van der Waals surface area contributed by atoms with Crippen molar-refractivity contribution in [2.75, 3.05) is 16.8 Å². The number of anilines is 2. The Labute approximate surface area is 142 Å². The number of carbonyl (C=O) groups is 1. The standard InChI is InChI=1S/C16H16N4OS2/c1-10-7-11(8-23-10)19-15(21)13-3-2-5-20(13)14-12-4-6-22-16(12)18-9-17-14/h4,6-9,13H,2-3,5H2,1H3,(H,19,21). The zero-order valence-electron chi connectivity index (χ0n) is 12.7. The summed E-state index contributed by atoms with van der Waals surface area (Å²) in [7, 11) is 0. The number of nitrogens with zero attached hydrogens (tertiary/aromatic N) is 3. The fraction of sp³-hybridized carbons (Fsp3) is 0.312. The molecule has 0 aromatic carbocycles. The van der Waals surface area contributed by atoms with E-state index in [2.05, 4.69) is 20.2 Å². The minimum Gasteiger partial charge on any atom is -0.344 e. The van der Waals surface area contributed by atoms with Crippen LogP contribution in [0.2, 0.25) is 0 Å². The van der Waals surface area contributed by atoms with Crippen molar-refractivity contribution in [1.82, 2.24) is 9.97 Å². The van der Waals surface area contributed by atoms with Crippen LogP contribution in [0.25, 0.3) is 10.2 Å². The largest absolute Gasteiger partial charge is 0.344 e. The molecule has 1 fully saturated rings. The molecular weight excluding hydrogens is 328 g/mol. The van der Waals surface area contributed by atoms with Gasteiger partial charge in [-0.1, -0.05) is 0 Å². The van der Waals surface area contributed by atoms with Crippen molar-refractivity contribution in [1.29, 1.82) is 0 Å². The van der Waals surface area contributed by atoms with Gasteiger partial charge in [-0.05, 0) is 37.3 Å². The Balaban J connectivity index is 1.61. The maximum Gasteiger partial charge on any atom is 0.247 e. The van der Waals surface area contributed by atoms with E-state index in [-0.39, 0.29) is 11.9 Å². The van der Waals surface area contributed by atoms with E-state index in [0.717, 1.165) is 41.1 Å². The minimum atomic E-state index is -0.173. The molecule has 0 saturated carbocycles. The second-order valence-electron chi connectivity index (χ2n) is 5.62. The van der Waals surface area contributed by atoms with E-state index < -0.39 is 0 Å². The van der Waals surface area contributed by atoms with Gasteiger partial charge < -0.3 is 10.2 Å². The third kappa shape index (κ3) is 2.70. The molecule has 118 valence electrons. The zero-order chi connectivity index (χ0) is 15.8. The molecule has 1 N–H and O–H groups in total. The Kier molecular flexibility index (Phi) is 3.74. The number of fused-ring (bicyclic) bond motifs is 1. The highest BCUT2D eigenvalue weighted by atomic mass is 32.1.